The molecule has 14 heavy (non-hydrogen) atoms. The van der Waals surface area contributed by atoms with E-state index in [1.165, 1.54) is 58.0 Å². The molecule has 0 N–H and O–H groups in total. The van der Waals surface area contributed by atoms with Gasteiger partial charge in [-0.1, -0.05) is 26.2 Å². The van der Waals surface area contributed by atoms with E-state index in [-0.39, 0.29) is 0 Å². The van der Waals surface area contributed by atoms with Crippen LogP contribution in [0.4, 0.5) is 0 Å². The van der Waals surface area contributed by atoms with Crippen LogP contribution in [0.3, 0.4) is 0 Å². The Morgan fingerprint density at radius 2 is 1.86 bits per heavy atom. The first kappa shape index (κ1) is 12.4. The molecular formula is C12H25NS. The summed E-state index contributed by atoms with van der Waals surface area (Å²) in [6.45, 7) is 4.83. The van der Waals surface area contributed by atoms with Crippen molar-refractivity contribution in [2.45, 2.75) is 57.9 Å². The highest BCUT2D eigenvalue weighted by Gasteiger charge is 2.18. The van der Waals surface area contributed by atoms with Gasteiger partial charge in [0, 0.05) is 6.04 Å². The Bertz CT molecular complexity index is 132. The van der Waals surface area contributed by atoms with E-state index in [1.54, 1.807) is 0 Å². The molecule has 0 saturated heterocycles. The Balaban J connectivity index is 2.21. The maximum absolute atomic E-state index is 4.26. The zero-order chi connectivity index (χ0) is 10.2. The SMILES string of the molecule is CCN(CCCCS)C1CCCCC1. The lowest BCUT2D eigenvalue weighted by molar-refractivity contribution is 0.162. The minimum Gasteiger partial charge on any atom is -0.301 e. The summed E-state index contributed by atoms with van der Waals surface area (Å²) in [5, 5.41) is 0. The predicted molar refractivity (Wildman–Crippen MR) is 67.2 cm³/mol. The van der Waals surface area contributed by atoms with Crippen LogP contribution in [0.25, 0.3) is 0 Å². The highest BCUT2D eigenvalue weighted by Crippen LogP contribution is 2.22. The van der Waals surface area contributed by atoms with Gasteiger partial charge < -0.3 is 4.90 Å². The van der Waals surface area contributed by atoms with Crippen LogP contribution in [0.2, 0.25) is 0 Å². The van der Waals surface area contributed by atoms with Gasteiger partial charge in [-0.15, -0.1) is 0 Å². The Kier molecular flexibility index (Phi) is 6.70. The lowest BCUT2D eigenvalue weighted by atomic mass is 9.94. The number of unbranched alkanes of at least 4 members (excludes halogenated alkanes) is 1. The van der Waals surface area contributed by atoms with E-state index >= 15 is 0 Å². The average molecular weight is 215 g/mol. The molecule has 0 aromatic rings. The van der Waals surface area contributed by atoms with Crippen LogP contribution in [-0.4, -0.2) is 29.8 Å². The fraction of sp³-hybridized carbons (Fsp3) is 1.00. The van der Waals surface area contributed by atoms with Crippen molar-refractivity contribution >= 4 is 12.6 Å². The Hall–Kier alpha value is 0.310. The molecule has 0 bridgehead atoms. The number of hydrogen-bond acceptors (Lipinski definition) is 2. The molecule has 0 amide bonds. The highest BCUT2D eigenvalue weighted by molar-refractivity contribution is 7.80. The van der Waals surface area contributed by atoms with Crippen molar-refractivity contribution in [1.29, 1.82) is 0 Å². The first-order valence-electron chi connectivity index (χ1n) is 6.23. The third-order valence-corrected chi connectivity index (χ3v) is 3.67. The fourth-order valence-corrected chi connectivity index (χ4v) is 2.70. The van der Waals surface area contributed by atoms with Crippen molar-refractivity contribution in [2.24, 2.45) is 0 Å². The van der Waals surface area contributed by atoms with E-state index in [9.17, 15) is 0 Å². The summed E-state index contributed by atoms with van der Waals surface area (Å²) in [5.74, 6) is 1.04. The third-order valence-electron chi connectivity index (χ3n) is 3.35. The minimum atomic E-state index is 0.897. The van der Waals surface area contributed by atoms with Gasteiger partial charge in [-0.2, -0.15) is 12.6 Å². The molecule has 0 heterocycles. The van der Waals surface area contributed by atoms with Crippen LogP contribution in [0.15, 0.2) is 0 Å². The number of hydrogen-bond donors (Lipinski definition) is 1. The standard InChI is InChI=1S/C12H25NS/c1-2-13(10-6-7-11-14)12-8-4-3-5-9-12/h12,14H,2-11H2,1H3. The zero-order valence-electron chi connectivity index (χ0n) is 9.54. The van der Waals surface area contributed by atoms with Crippen molar-refractivity contribution in [3.8, 4) is 0 Å². The van der Waals surface area contributed by atoms with Gasteiger partial charge in [0.1, 0.15) is 0 Å². The summed E-state index contributed by atoms with van der Waals surface area (Å²) in [6, 6.07) is 0.897. The van der Waals surface area contributed by atoms with Crippen LogP contribution in [0.5, 0.6) is 0 Å². The maximum atomic E-state index is 4.26. The van der Waals surface area contributed by atoms with Gasteiger partial charge in [0.2, 0.25) is 0 Å². The van der Waals surface area contributed by atoms with Crippen molar-refractivity contribution in [3.63, 3.8) is 0 Å². The molecule has 1 nitrogen and oxygen atoms in total. The molecule has 1 aliphatic rings. The Morgan fingerprint density at radius 1 is 1.14 bits per heavy atom. The van der Waals surface area contributed by atoms with Crippen LogP contribution in [0.1, 0.15) is 51.9 Å². The molecule has 0 atom stereocenters. The van der Waals surface area contributed by atoms with Gasteiger partial charge in [0.25, 0.3) is 0 Å². The summed E-state index contributed by atoms with van der Waals surface area (Å²) in [7, 11) is 0. The summed E-state index contributed by atoms with van der Waals surface area (Å²) in [6.07, 6.45) is 9.84. The normalized spacial score (nSPS) is 19.1. The molecule has 0 aromatic carbocycles. The monoisotopic (exact) mass is 215 g/mol. The van der Waals surface area contributed by atoms with Crippen molar-refractivity contribution in [1.82, 2.24) is 4.90 Å². The molecule has 1 saturated carbocycles. The minimum absolute atomic E-state index is 0.897. The second-order valence-corrected chi connectivity index (χ2v) is 4.80. The van der Waals surface area contributed by atoms with Gasteiger partial charge in [-0.25, -0.2) is 0 Å². The van der Waals surface area contributed by atoms with Gasteiger partial charge in [-0.05, 0) is 44.5 Å². The largest absolute Gasteiger partial charge is 0.301 e. The van der Waals surface area contributed by atoms with Crippen LogP contribution >= 0.6 is 12.6 Å². The molecule has 0 spiro atoms. The summed E-state index contributed by atoms with van der Waals surface area (Å²) < 4.78 is 0. The average Bonchev–Trinajstić information content (AvgIpc) is 2.26. The summed E-state index contributed by atoms with van der Waals surface area (Å²) >= 11 is 4.26. The first-order valence-corrected chi connectivity index (χ1v) is 6.86. The van der Waals surface area contributed by atoms with Crippen molar-refractivity contribution in [2.75, 3.05) is 18.8 Å². The fourth-order valence-electron chi connectivity index (χ4n) is 2.47. The van der Waals surface area contributed by atoms with E-state index < -0.39 is 0 Å². The number of nitrogens with zero attached hydrogens (tertiary/aromatic N) is 1. The predicted octanol–water partition coefficient (Wildman–Crippen LogP) is 3.35. The molecule has 1 aliphatic carbocycles. The quantitative estimate of drug-likeness (QED) is 0.525. The highest BCUT2D eigenvalue weighted by atomic mass is 32.1. The molecule has 0 aromatic heterocycles. The molecular weight excluding hydrogens is 190 g/mol. The number of thiol groups is 1. The van der Waals surface area contributed by atoms with Gasteiger partial charge in [-0.3, -0.25) is 0 Å². The summed E-state index contributed by atoms with van der Waals surface area (Å²) in [4.78, 5) is 2.68. The molecule has 0 unspecified atom stereocenters. The molecule has 2 heteroatoms. The smallest absolute Gasteiger partial charge is 0.00951 e. The van der Waals surface area contributed by atoms with Gasteiger partial charge >= 0.3 is 0 Å². The van der Waals surface area contributed by atoms with E-state index in [0.29, 0.717) is 0 Å². The Morgan fingerprint density at radius 3 is 2.43 bits per heavy atom. The topological polar surface area (TPSA) is 3.24 Å². The molecule has 0 radical (unpaired) electrons. The maximum Gasteiger partial charge on any atom is 0.00951 e. The van der Waals surface area contributed by atoms with Gasteiger partial charge in [0.05, 0.1) is 0 Å². The van der Waals surface area contributed by atoms with E-state index in [4.69, 9.17) is 0 Å². The van der Waals surface area contributed by atoms with E-state index in [1.807, 2.05) is 0 Å². The molecule has 84 valence electrons. The molecule has 1 rings (SSSR count). The second-order valence-electron chi connectivity index (χ2n) is 4.35. The van der Waals surface area contributed by atoms with Gasteiger partial charge in [0.15, 0.2) is 0 Å². The van der Waals surface area contributed by atoms with Crippen LogP contribution in [-0.2, 0) is 0 Å². The van der Waals surface area contributed by atoms with Crippen molar-refractivity contribution in [3.05, 3.63) is 0 Å². The Labute approximate surface area is 94.7 Å². The first-order chi connectivity index (χ1) is 6.88. The molecule has 1 fully saturated rings. The third kappa shape index (κ3) is 4.22. The number of rotatable bonds is 6. The molecule has 0 aliphatic heterocycles. The lowest BCUT2D eigenvalue weighted by Gasteiger charge is -2.33. The summed E-state index contributed by atoms with van der Waals surface area (Å²) in [5.41, 5.74) is 0. The van der Waals surface area contributed by atoms with Crippen molar-refractivity contribution < 1.29 is 0 Å². The second kappa shape index (κ2) is 7.58. The zero-order valence-corrected chi connectivity index (χ0v) is 10.4. The van der Waals surface area contributed by atoms with E-state index in [0.717, 1.165) is 11.8 Å². The lowest BCUT2D eigenvalue weighted by Crippen LogP contribution is -2.37. The van der Waals surface area contributed by atoms with Crippen LogP contribution in [0, 0.1) is 0 Å². The van der Waals surface area contributed by atoms with E-state index in [2.05, 4.69) is 24.5 Å². The van der Waals surface area contributed by atoms with Crippen LogP contribution < -0.4 is 0 Å².